The molecule has 3 rings (SSSR count). The highest BCUT2D eigenvalue weighted by atomic mass is 79.9. The second-order valence-electron chi connectivity index (χ2n) is 5.22. The fraction of sp³-hybridized carbons (Fsp3) is 0.500. The van der Waals surface area contributed by atoms with Crippen LogP contribution in [0.25, 0.3) is 11.0 Å². The Morgan fingerprint density at radius 3 is 2.55 bits per heavy atom. The van der Waals surface area contributed by atoms with Crippen molar-refractivity contribution >= 4 is 42.9 Å². The van der Waals surface area contributed by atoms with E-state index in [4.69, 9.17) is 4.74 Å². The van der Waals surface area contributed by atoms with Crippen LogP contribution in [0.15, 0.2) is 21.4 Å². The molecule has 1 aromatic heterocycles. The first-order chi connectivity index (χ1) is 9.50. The molecule has 0 radical (unpaired) electrons. The third-order valence-electron chi connectivity index (χ3n) is 3.98. The molecular weight excluding hydrogens is 388 g/mol. The van der Waals surface area contributed by atoms with E-state index < -0.39 is 0 Å². The Morgan fingerprint density at radius 2 is 1.95 bits per heavy atom. The molecule has 1 saturated heterocycles. The predicted molar refractivity (Wildman–Crippen MR) is 86.5 cm³/mol. The van der Waals surface area contributed by atoms with Gasteiger partial charge in [0, 0.05) is 25.2 Å². The molecule has 2 atom stereocenters. The van der Waals surface area contributed by atoms with Gasteiger partial charge in [0.15, 0.2) is 0 Å². The summed E-state index contributed by atoms with van der Waals surface area (Å²) in [6.07, 6.45) is 2.37. The first kappa shape index (κ1) is 14.4. The van der Waals surface area contributed by atoms with Crippen LogP contribution in [0.2, 0.25) is 0 Å². The quantitative estimate of drug-likeness (QED) is 0.721. The summed E-state index contributed by atoms with van der Waals surface area (Å²) in [5.41, 5.74) is 3.00. The number of rotatable bonds is 2. The Balaban J connectivity index is 2.14. The molecule has 1 aromatic carbocycles. The van der Waals surface area contributed by atoms with Gasteiger partial charge < -0.3 is 4.74 Å². The molecule has 4 nitrogen and oxygen atoms in total. The van der Waals surface area contributed by atoms with Crippen LogP contribution in [0.4, 0.5) is 0 Å². The summed E-state index contributed by atoms with van der Waals surface area (Å²) in [7, 11) is 3.60. The van der Waals surface area contributed by atoms with E-state index in [1.807, 2.05) is 6.07 Å². The summed E-state index contributed by atoms with van der Waals surface area (Å²) in [6, 6.07) is 4.08. The van der Waals surface area contributed by atoms with Crippen molar-refractivity contribution < 1.29 is 4.74 Å². The Hall–Kier alpha value is -0.590. The van der Waals surface area contributed by atoms with Crippen molar-refractivity contribution in [2.75, 3.05) is 6.61 Å². The second-order valence-corrected chi connectivity index (χ2v) is 7.06. The second kappa shape index (κ2) is 5.31. The molecule has 0 aliphatic carbocycles. The lowest BCUT2D eigenvalue weighted by molar-refractivity contribution is 0.110. The normalized spacial score (nSPS) is 20.7. The third-order valence-corrected chi connectivity index (χ3v) is 5.75. The summed E-state index contributed by atoms with van der Waals surface area (Å²) >= 11 is 7.37. The van der Waals surface area contributed by atoms with E-state index >= 15 is 0 Å². The zero-order valence-corrected chi connectivity index (χ0v) is 14.6. The highest BCUT2D eigenvalue weighted by Crippen LogP contribution is 2.39. The average molecular weight is 404 g/mol. The maximum atomic E-state index is 12.0. The number of halogens is 2. The van der Waals surface area contributed by atoms with Crippen LogP contribution in [0.3, 0.4) is 0 Å². The fourth-order valence-electron chi connectivity index (χ4n) is 2.78. The van der Waals surface area contributed by atoms with Gasteiger partial charge in [-0.15, -0.1) is 0 Å². The van der Waals surface area contributed by atoms with Crippen molar-refractivity contribution in [1.82, 2.24) is 9.13 Å². The zero-order valence-electron chi connectivity index (χ0n) is 11.4. The number of hydrogen-bond donors (Lipinski definition) is 0. The molecule has 0 saturated carbocycles. The van der Waals surface area contributed by atoms with Gasteiger partial charge in [0.1, 0.15) is 0 Å². The van der Waals surface area contributed by atoms with Crippen molar-refractivity contribution in [2.24, 2.45) is 14.1 Å². The maximum absolute atomic E-state index is 12.0. The smallest absolute Gasteiger partial charge is 0.328 e. The van der Waals surface area contributed by atoms with Gasteiger partial charge in [0.05, 0.1) is 22.0 Å². The third kappa shape index (κ3) is 2.18. The molecule has 20 heavy (non-hydrogen) atoms. The van der Waals surface area contributed by atoms with Gasteiger partial charge >= 0.3 is 5.69 Å². The van der Waals surface area contributed by atoms with E-state index in [-0.39, 0.29) is 16.6 Å². The van der Waals surface area contributed by atoms with E-state index in [0.717, 1.165) is 40.5 Å². The van der Waals surface area contributed by atoms with Crippen molar-refractivity contribution in [2.45, 2.75) is 23.8 Å². The van der Waals surface area contributed by atoms with E-state index in [1.165, 1.54) is 0 Å². The molecule has 108 valence electrons. The van der Waals surface area contributed by atoms with Gasteiger partial charge in [-0.3, -0.25) is 9.13 Å². The van der Waals surface area contributed by atoms with E-state index in [2.05, 4.69) is 37.9 Å². The predicted octanol–water partition coefficient (Wildman–Crippen LogP) is 3.25. The number of nitrogens with zero attached hydrogens (tertiary/aromatic N) is 2. The topological polar surface area (TPSA) is 36.2 Å². The Bertz CT molecular complexity index is 714. The lowest BCUT2D eigenvalue weighted by Gasteiger charge is -2.19. The van der Waals surface area contributed by atoms with Crippen molar-refractivity contribution in [3.8, 4) is 0 Å². The SMILES string of the molecule is Cn1c(=O)n(C)c2cc(C(Br)C3CCCO3)c(Br)cc21. The molecule has 1 aliphatic rings. The Labute approximate surface area is 134 Å². The van der Waals surface area contributed by atoms with Crippen LogP contribution in [-0.4, -0.2) is 21.8 Å². The molecule has 2 unspecified atom stereocenters. The summed E-state index contributed by atoms with van der Waals surface area (Å²) < 4.78 is 10.1. The number of benzene rings is 1. The first-order valence-electron chi connectivity index (χ1n) is 6.61. The standard InChI is InChI=1S/C14H16Br2N2O2/c1-17-10-6-8(13(16)12-4-3-5-20-12)9(15)7-11(10)18(2)14(17)19/h6-7,12-13H,3-5H2,1-2H3. The molecule has 6 heteroatoms. The number of fused-ring (bicyclic) bond motifs is 1. The number of aromatic nitrogens is 2. The number of aryl methyl sites for hydroxylation is 2. The summed E-state index contributed by atoms with van der Waals surface area (Å²) in [5, 5.41) is 0. The fourth-order valence-corrected chi connectivity index (χ4v) is 4.46. The monoisotopic (exact) mass is 402 g/mol. The number of hydrogen-bond acceptors (Lipinski definition) is 2. The number of imidazole rings is 1. The molecular formula is C14H16Br2N2O2. The van der Waals surface area contributed by atoms with Crippen LogP contribution < -0.4 is 5.69 Å². The number of alkyl halides is 1. The van der Waals surface area contributed by atoms with Crippen LogP contribution in [0, 0.1) is 0 Å². The average Bonchev–Trinajstić information content (AvgIpc) is 3.03. The molecule has 0 spiro atoms. The van der Waals surface area contributed by atoms with Gasteiger partial charge in [-0.05, 0) is 30.5 Å². The highest BCUT2D eigenvalue weighted by molar-refractivity contribution is 9.11. The van der Waals surface area contributed by atoms with Crippen LogP contribution >= 0.6 is 31.9 Å². The van der Waals surface area contributed by atoms with Crippen LogP contribution in [0.5, 0.6) is 0 Å². The van der Waals surface area contributed by atoms with Crippen molar-refractivity contribution in [1.29, 1.82) is 0 Å². The van der Waals surface area contributed by atoms with E-state index in [1.54, 1.807) is 23.2 Å². The first-order valence-corrected chi connectivity index (χ1v) is 8.32. The Kier molecular flexibility index (Phi) is 3.81. The van der Waals surface area contributed by atoms with Crippen LogP contribution in [-0.2, 0) is 18.8 Å². The highest BCUT2D eigenvalue weighted by Gasteiger charge is 2.27. The lowest BCUT2D eigenvalue weighted by Crippen LogP contribution is -2.19. The zero-order chi connectivity index (χ0) is 14.4. The molecule has 0 N–H and O–H groups in total. The van der Waals surface area contributed by atoms with E-state index in [0.29, 0.717) is 0 Å². The summed E-state index contributed by atoms with van der Waals surface area (Å²) in [6.45, 7) is 0.830. The maximum Gasteiger partial charge on any atom is 0.328 e. The molecule has 2 aromatic rings. The minimum Gasteiger partial charge on any atom is -0.377 e. The molecule has 1 fully saturated rings. The molecule has 0 amide bonds. The van der Waals surface area contributed by atoms with Gasteiger partial charge in [-0.25, -0.2) is 4.79 Å². The van der Waals surface area contributed by atoms with Crippen molar-refractivity contribution in [3.63, 3.8) is 0 Å². The Morgan fingerprint density at radius 1 is 1.30 bits per heavy atom. The summed E-state index contributed by atoms with van der Waals surface area (Å²) in [4.78, 5) is 12.1. The van der Waals surface area contributed by atoms with Gasteiger partial charge in [0.2, 0.25) is 0 Å². The minimum absolute atomic E-state index is 0.00714. The lowest BCUT2D eigenvalue weighted by atomic mass is 10.0. The van der Waals surface area contributed by atoms with E-state index in [9.17, 15) is 4.79 Å². The molecule has 1 aliphatic heterocycles. The van der Waals surface area contributed by atoms with Gasteiger partial charge in [-0.2, -0.15) is 0 Å². The van der Waals surface area contributed by atoms with Crippen molar-refractivity contribution in [3.05, 3.63) is 32.7 Å². The molecule has 0 bridgehead atoms. The summed E-state index contributed by atoms with van der Waals surface area (Å²) in [5.74, 6) is 0. The van der Waals surface area contributed by atoms with Crippen LogP contribution in [0.1, 0.15) is 23.2 Å². The van der Waals surface area contributed by atoms with Gasteiger partial charge in [0.25, 0.3) is 0 Å². The minimum atomic E-state index is -0.00714. The van der Waals surface area contributed by atoms with Gasteiger partial charge in [-0.1, -0.05) is 31.9 Å². The number of ether oxygens (including phenoxy) is 1. The molecule has 2 heterocycles. The largest absolute Gasteiger partial charge is 0.377 e.